The molecule has 1 heterocycles. The highest BCUT2D eigenvalue weighted by Crippen LogP contribution is 2.24. The molecule has 0 fully saturated rings. The SMILES string of the molecule is COc1cccc2nc(I)ccc12. The van der Waals surface area contributed by atoms with E-state index in [1.165, 1.54) is 0 Å². The van der Waals surface area contributed by atoms with Gasteiger partial charge in [0.1, 0.15) is 9.45 Å². The van der Waals surface area contributed by atoms with Crippen molar-refractivity contribution in [1.29, 1.82) is 0 Å². The van der Waals surface area contributed by atoms with Crippen LogP contribution in [0.2, 0.25) is 0 Å². The minimum absolute atomic E-state index is 0.876. The number of aromatic nitrogens is 1. The van der Waals surface area contributed by atoms with Gasteiger partial charge in [0.2, 0.25) is 0 Å². The fourth-order valence-electron chi connectivity index (χ4n) is 1.28. The monoisotopic (exact) mass is 285 g/mol. The van der Waals surface area contributed by atoms with Crippen molar-refractivity contribution >= 4 is 33.5 Å². The van der Waals surface area contributed by atoms with E-state index in [-0.39, 0.29) is 0 Å². The number of halogens is 1. The summed E-state index contributed by atoms with van der Waals surface area (Å²) in [6, 6.07) is 9.88. The lowest BCUT2D eigenvalue weighted by molar-refractivity contribution is 0.419. The van der Waals surface area contributed by atoms with Gasteiger partial charge < -0.3 is 4.74 Å². The van der Waals surface area contributed by atoms with Gasteiger partial charge in [-0.05, 0) is 46.9 Å². The lowest BCUT2D eigenvalue weighted by Gasteiger charge is -2.03. The Morgan fingerprint density at radius 1 is 1.23 bits per heavy atom. The quantitative estimate of drug-likeness (QED) is 0.593. The largest absolute Gasteiger partial charge is 0.496 e. The van der Waals surface area contributed by atoms with Gasteiger partial charge in [-0.25, -0.2) is 4.98 Å². The first-order valence-electron chi connectivity index (χ1n) is 3.90. The highest BCUT2D eigenvalue weighted by atomic mass is 127. The summed E-state index contributed by atoms with van der Waals surface area (Å²) in [4.78, 5) is 4.39. The summed E-state index contributed by atoms with van der Waals surface area (Å²) in [7, 11) is 1.67. The Morgan fingerprint density at radius 2 is 2.08 bits per heavy atom. The summed E-state index contributed by atoms with van der Waals surface area (Å²) in [5.74, 6) is 0.876. The van der Waals surface area contributed by atoms with Crippen LogP contribution in [0, 0.1) is 3.70 Å². The van der Waals surface area contributed by atoms with Gasteiger partial charge in [0.15, 0.2) is 0 Å². The summed E-state index contributed by atoms with van der Waals surface area (Å²) in [6.45, 7) is 0. The number of hydrogen-bond acceptors (Lipinski definition) is 2. The van der Waals surface area contributed by atoms with Crippen LogP contribution in [0.5, 0.6) is 5.75 Å². The Balaban J connectivity index is 2.77. The number of nitrogens with zero attached hydrogens (tertiary/aromatic N) is 1. The standard InChI is InChI=1S/C10H8INO/c1-13-9-4-2-3-8-7(9)5-6-10(11)12-8/h2-6H,1H3. The normalized spacial score (nSPS) is 10.3. The Bertz CT molecular complexity index is 442. The average Bonchev–Trinajstić information content (AvgIpc) is 2.16. The second kappa shape index (κ2) is 3.49. The van der Waals surface area contributed by atoms with Gasteiger partial charge in [-0.2, -0.15) is 0 Å². The number of methoxy groups -OCH3 is 1. The van der Waals surface area contributed by atoms with Crippen LogP contribution in [-0.4, -0.2) is 12.1 Å². The maximum Gasteiger partial charge on any atom is 0.128 e. The van der Waals surface area contributed by atoms with Crippen LogP contribution in [0.1, 0.15) is 0 Å². The van der Waals surface area contributed by atoms with Gasteiger partial charge >= 0.3 is 0 Å². The molecule has 0 aliphatic carbocycles. The predicted octanol–water partition coefficient (Wildman–Crippen LogP) is 2.85. The number of pyridine rings is 1. The van der Waals surface area contributed by atoms with E-state index in [1.54, 1.807) is 7.11 Å². The van der Waals surface area contributed by atoms with E-state index in [9.17, 15) is 0 Å². The van der Waals surface area contributed by atoms with E-state index in [1.807, 2.05) is 30.3 Å². The Morgan fingerprint density at radius 3 is 2.85 bits per heavy atom. The van der Waals surface area contributed by atoms with Gasteiger partial charge in [-0.15, -0.1) is 0 Å². The molecule has 2 rings (SSSR count). The summed E-state index contributed by atoms with van der Waals surface area (Å²) in [5, 5.41) is 1.06. The average molecular weight is 285 g/mol. The molecule has 0 spiro atoms. The predicted molar refractivity (Wildman–Crippen MR) is 61.0 cm³/mol. The number of fused-ring (bicyclic) bond motifs is 1. The van der Waals surface area contributed by atoms with Crippen molar-refractivity contribution in [2.75, 3.05) is 7.11 Å². The van der Waals surface area contributed by atoms with E-state index < -0.39 is 0 Å². The molecule has 3 heteroatoms. The molecule has 0 radical (unpaired) electrons. The number of ether oxygens (including phenoxy) is 1. The van der Waals surface area contributed by atoms with Gasteiger partial charge in [-0.3, -0.25) is 0 Å². The van der Waals surface area contributed by atoms with Gasteiger partial charge in [-0.1, -0.05) is 6.07 Å². The van der Waals surface area contributed by atoms with Crippen molar-refractivity contribution in [3.05, 3.63) is 34.0 Å². The van der Waals surface area contributed by atoms with Crippen LogP contribution in [0.25, 0.3) is 10.9 Å². The fourth-order valence-corrected chi connectivity index (χ4v) is 1.72. The third-order valence-corrected chi connectivity index (χ3v) is 2.48. The molecule has 1 aromatic heterocycles. The zero-order valence-electron chi connectivity index (χ0n) is 7.12. The molecule has 0 saturated heterocycles. The molecule has 13 heavy (non-hydrogen) atoms. The second-order valence-corrected chi connectivity index (χ2v) is 3.77. The van der Waals surface area contributed by atoms with Crippen LogP contribution >= 0.6 is 22.6 Å². The van der Waals surface area contributed by atoms with E-state index >= 15 is 0 Å². The zero-order valence-corrected chi connectivity index (χ0v) is 9.28. The summed E-state index contributed by atoms with van der Waals surface area (Å²) >= 11 is 2.20. The number of benzene rings is 1. The number of hydrogen-bond donors (Lipinski definition) is 0. The molecule has 0 saturated carbocycles. The molecule has 0 amide bonds. The lowest BCUT2D eigenvalue weighted by Crippen LogP contribution is -1.87. The van der Waals surface area contributed by atoms with Crippen LogP contribution < -0.4 is 4.74 Å². The fraction of sp³-hybridized carbons (Fsp3) is 0.100. The molecule has 0 unspecified atom stereocenters. The third-order valence-electron chi connectivity index (χ3n) is 1.88. The minimum atomic E-state index is 0.876. The van der Waals surface area contributed by atoms with E-state index in [0.717, 1.165) is 20.4 Å². The summed E-state index contributed by atoms with van der Waals surface area (Å²) in [6.07, 6.45) is 0. The Labute approximate surface area is 90.1 Å². The number of rotatable bonds is 1. The molecule has 0 aliphatic heterocycles. The molecule has 2 aromatic rings. The maximum absolute atomic E-state index is 5.22. The first kappa shape index (κ1) is 8.74. The maximum atomic E-state index is 5.22. The second-order valence-electron chi connectivity index (χ2n) is 2.66. The molecule has 1 aromatic carbocycles. The summed E-state index contributed by atoms with van der Waals surface area (Å²) < 4.78 is 6.22. The van der Waals surface area contributed by atoms with Crippen LogP contribution in [0.15, 0.2) is 30.3 Å². The Kier molecular flexibility index (Phi) is 2.35. The van der Waals surface area contributed by atoms with Gasteiger partial charge in [0, 0.05) is 5.39 Å². The van der Waals surface area contributed by atoms with Crippen molar-refractivity contribution in [2.24, 2.45) is 0 Å². The van der Waals surface area contributed by atoms with Crippen molar-refractivity contribution in [3.8, 4) is 5.75 Å². The molecular weight excluding hydrogens is 277 g/mol. The lowest BCUT2D eigenvalue weighted by atomic mass is 10.2. The minimum Gasteiger partial charge on any atom is -0.496 e. The van der Waals surface area contributed by atoms with Crippen molar-refractivity contribution in [1.82, 2.24) is 4.98 Å². The molecular formula is C10H8INO. The van der Waals surface area contributed by atoms with Crippen LogP contribution in [0.4, 0.5) is 0 Å². The smallest absolute Gasteiger partial charge is 0.128 e. The van der Waals surface area contributed by atoms with Crippen molar-refractivity contribution in [2.45, 2.75) is 0 Å². The van der Waals surface area contributed by atoms with Crippen molar-refractivity contribution < 1.29 is 4.74 Å². The molecule has 66 valence electrons. The molecule has 0 N–H and O–H groups in total. The van der Waals surface area contributed by atoms with Gasteiger partial charge in [0.05, 0.1) is 12.6 Å². The highest BCUT2D eigenvalue weighted by Gasteiger charge is 2.00. The van der Waals surface area contributed by atoms with Crippen LogP contribution in [0.3, 0.4) is 0 Å². The molecule has 2 nitrogen and oxygen atoms in total. The Hall–Kier alpha value is -0.840. The molecule has 0 atom stereocenters. The molecule has 0 bridgehead atoms. The van der Waals surface area contributed by atoms with E-state index in [0.29, 0.717) is 0 Å². The third kappa shape index (κ3) is 1.60. The highest BCUT2D eigenvalue weighted by molar-refractivity contribution is 14.1. The van der Waals surface area contributed by atoms with Gasteiger partial charge in [0.25, 0.3) is 0 Å². The first-order chi connectivity index (χ1) is 6.31. The first-order valence-corrected chi connectivity index (χ1v) is 4.98. The van der Waals surface area contributed by atoms with Crippen molar-refractivity contribution in [3.63, 3.8) is 0 Å². The summed E-state index contributed by atoms with van der Waals surface area (Å²) in [5.41, 5.74) is 0.978. The molecule has 0 aliphatic rings. The topological polar surface area (TPSA) is 22.1 Å². The van der Waals surface area contributed by atoms with Crippen LogP contribution in [-0.2, 0) is 0 Å². The van der Waals surface area contributed by atoms with E-state index in [4.69, 9.17) is 4.74 Å². The zero-order chi connectivity index (χ0) is 9.26. The van der Waals surface area contributed by atoms with E-state index in [2.05, 4.69) is 27.6 Å².